The van der Waals surface area contributed by atoms with Gasteiger partial charge in [-0.05, 0) is 6.92 Å². The van der Waals surface area contributed by atoms with Crippen molar-refractivity contribution in [2.45, 2.75) is 18.9 Å². The van der Waals surface area contributed by atoms with Crippen molar-refractivity contribution in [3.8, 4) is 0 Å². The Labute approximate surface area is 62.9 Å². The first-order valence-electron chi connectivity index (χ1n) is 2.60. The summed E-state index contributed by atoms with van der Waals surface area (Å²) in [5.74, 6) is -2.53. The lowest BCUT2D eigenvalue weighted by molar-refractivity contribution is -0.149. The van der Waals surface area contributed by atoms with Gasteiger partial charge in [0.15, 0.2) is 0 Å². The van der Waals surface area contributed by atoms with Gasteiger partial charge in [-0.2, -0.15) is 0 Å². The highest BCUT2D eigenvalue weighted by molar-refractivity contribution is 5.84. The molecule has 1 atom stereocenters. The highest BCUT2D eigenvalue weighted by atomic mass is 16.4. The summed E-state index contributed by atoms with van der Waals surface area (Å²) in [5.41, 5.74) is 3.42. The molecule has 0 spiro atoms. The number of carbonyl (C=O) groups is 2. The average Bonchev–Trinajstić information content (AvgIpc) is 1.60. The molecule has 0 aliphatic heterocycles. The van der Waals surface area contributed by atoms with Crippen molar-refractivity contribution >= 4 is 11.9 Å². The van der Waals surface area contributed by atoms with Crippen molar-refractivity contribution in [2.24, 2.45) is 5.73 Å². The number of rotatable bonds is 3. The van der Waals surface area contributed by atoms with E-state index in [9.17, 15) is 9.59 Å². The first kappa shape index (κ1) is 12.5. The van der Waals surface area contributed by atoms with Crippen molar-refractivity contribution in [2.75, 3.05) is 0 Å². The zero-order chi connectivity index (χ0) is 8.36. The van der Waals surface area contributed by atoms with Gasteiger partial charge in [0, 0.05) is 0 Å². The molecule has 6 heteroatoms. The molecule has 0 aliphatic rings. The van der Waals surface area contributed by atoms with Gasteiger partial charge in [-0.25, -0.2) is 0 Å². The van der Waals surface area contributed by atoms with Crippen LogP contribution in [0.15, 0.2) is 0 Å². The lowest BCUT2D eigenvalue weighted by Gasteiger charge is -2.15. The van der Waals surface area contributed by atoms with Crippen LogP contribution in [0.5, 0.6) is 0 Å². The summed E-state index contributed by atoms with van der Waals surface area (Å²) in [6.45, 7) is 1.16. The SMILES string of the molecule is CC(N)(CC(=O)O)C(=O)O.O. The van der Waals surface area contributed by atoms with E-state index in [0.717, 1.165) is 6.92 Å². The van der Waals surface area contributed by atoms with E-state index in [-0.39, 0.29) is 5.48 Å². The molecular weight excluding hydrogens is 154 g/mol. The molecule has 66 valence electrons. The molecule has 6 nitrogen and oxygen atoms in total. The summed E-state index contributed by atoms with van der Waals surface area (Å²) in [7, 11) is 0. The summed E-state index contributed by atoms with van der Waals surface area (Å²) < 4.78 is 0. The first-order chi connectivity index (χ1) is 4.36. The first-order valence-corrected chi connectivity index (χ1v) is 2.60. The second-order valence-electron chi connectivity index (χ2n) is 2.29. The third-order valence-corrected chi connectivity index (χ3v) is 1.01. The zero-order valence-electron chi connectivity index (χ0n) is 6.00. The number of nitrogens with two attached hydrogens (primary N) is 1. The minimum atomic E-state index is -1.66. The van der Waals surface area contributed by atoms with Gasteiger partial charge in [0.1, 0.15) is 5.54 Å². The molecule has 1 unspecified atom stereocenters. The van der Waals surface area contributed by atoms with Crippen LogP contribution in [0.4, 0.5) is 0 Å². The summed E-state index contributed by atoms with van der Waals surface area (Å²) >= 11 is 0. The van der Waals surface area contributed by atoms with E-state index in [1.165, 1.54) is 0 Å². The zero-order valence-corrected chi connectivity index (χ0v) is 6.00. The van der Waals surface area contributed by atoms with Crippen LogP contribution in [0.25, 0.3) is 0 Å². The molecular formula is C5H11NO5. The van der Waals surface area contributed by atoms with E-state index < -0.39 is 23.9 Å². The fourth-order valence-corrected chi connectivity index (χ4v) is 0.390. The third-order valence-electron chi connectivity index (χ3n) is 1.01. The lowest BCUT2D eigenvalue weighted by atomic mass is 10.0. The van der Waals surface area contributed by atoms with Crippen LogP contribution >= 0.6 is 0 Å². The monoisotopic (exact) mass is 165 g/mol. The normalized spacial score (nSPS) is 14.4. The number of hydrogen-bond acceptors (Lipinski definition) is 3. The number of aliphatic carboxylic acids is 2. The molecule has 0 fully saturated rings. The molecule has 0 rings (SSSR count). The van der Waals surface area contributed by atoms with Gasteiger partial charge in [-0.3, -0.25) is 9.59 Å². The topological polar surface area (TPSA) is 132 Å². The highest BCUT2D eigenvalue weighted by Gasteiger charge is 2.30. The molecule has 0 aliphatic carbocycles. The molecule has 0 bridgehead atoms. The summed E-state index contributed by atoms with van der Waals surface area (Å²) in [6.07, 6.45) is -0.567. The number of carboxylic acids is 2. The van der Waals surface area contributed by atoms with Crippen LogP contribution in [-0.4, -0.2) is 33.2 Å². The Hall–Kier alpha value is -1.14. The van der Waals surface area contributed by atoms with Crippen LogP contribution < -0.4 is 5.73 Å². The largest absolute Gasteiger partial charge is 0.481 e. The third kappa shape index (κ3) is 4.29. The van der Waals surface area contributed by atoms with Gasteiger partial charge in [0.25, 0.3) is 0 Å². The minimum Gasteiger partial charge on any atom is -0.481 e. The molecule has 0 aromatic heterocycles. The molecule has 0 radical (unpaired) electrons. The Morgan fingerprint density at radius 2 is 1.82 bits per heavy atom. The second kappa shape index (κ2) is 3.89. The number of hydrogen-bond donors (Lipinski definition) is 3. The molecule has 0 aromatic rings. The maximum Gasteiger partial charge on any atom is 0.323 e. The Morgan fingerprint density at radius 1 is 1.45 bits per heavy atom. The molecule has 0 saturated carbocycles. The molecule has 6 N–H and O–H groups in total. The van der Waals surface area contributed by atoms with Gasteiger partial charge < -0.3 is 21.4 Å². The molecule has 0 heterocycles. The van der Waals surface area contributed by atoms with E-state index in [4.69, 9.17) is 15.9 Å². The van der Waals surface area contributed by atoms with Crippen molar-refractivity contribution in [3.63, 3.8) is 0 Å². The predicted octanol–water partition coefficient (Wildman–Crippen LogP) is -1.56. The Bertz CT molecular complexity index is 164. The van der Waals surface area contributed by atoms with Gasteiger partial charge in [0.05, 0.1) is 6.42 Å². The van der Waals surface area contributed by atoms with Crippen molar-refractivity contribution < 1.29 is 25.3 Å². The minimum absolute atomic E-state index is 0. The maximum atomic E-state index is 10.2. The van der Waals surface area contributed by atoms with Crippen LogP contribution in [0.3, 0.4) is 0 Å². The maximum absolute atomic E-state index is 10.2. The van der Waals surface area contributed by atoms with Crippen molar-refractivity contribution in [1.29, 1.82) is 0 Å². The van der Waals surface area contributed by atoms with Crippen LogP contribution in [-0.2, 0) is 9.59 Å². The van der Waals surface area contributed by atoms with E-state index in [2.05, 4.69) is 0 Å². The summed E-state index contributed by atoms with van der Waals surface area (Å²) in [6, 6.07) is 0. The van der Waals surface area contributed by atoms with Gasteiger partial charge in [0.2, 0.25) is 0 Å². The second-order valence-corrected chi connectivity index (χ2v) is 2.29. The van der Waals surface area contributed by atoms with Gasteiger partial charge >= 0.3 is 11.9 Å². The Kier molecular flexibility index (Phi) is 4.43. The van der Waals surface area contributed by atoms with Crippen molar-refractivity contribution in [3.05, 3.63) is 0 Å². The number of carboxylic acid groups (broad SMARTS) is 2. The van der Waals surface area contributed by atoms with E-state index in [0.29, 0.717) is 0 Å². The molecule has 0 aromatic carbocycles. The van der Waals surface area contributed by atoms with E-state index in [1.54, 1.807) is 0 Å². The predicted molar refractivity (Wildman–Crippen MR) is 36.1 cm³/mol. The average molecular weight is 165 g/mol. The Balaban J connectivity index is 0. The van der Waals surface area contributed by atoms with E-state index in [1.807, 2.05) is 0 Å². The van der Waals surface area contributed by atoms with Crippen LogP contribution in [0.2, 0.25) is 0 Å². The van der Waals surface area contributed by atoms with E-state index >= 15 is 0 Å². The fraction of sp³-hybridized carbons (Fsp3) is 0.600. The highest BCUT2D eigenvalue weighted by Crippen LogP contribution is 2.04. The molecule has 0 amide bonds. The van der Waals surface area contributed by atoms with Crippen LogP contribution in [0, 0.1) is 0 Å². The Morgan fingerprint density at radius 3 is 1.91 bits per heavy atom. The smallest absolute Gasteiger partial charge is 0.323 e. The van der Waals surface area contributed by atoms with Crippen LogP contribution in [0.1, 0.15) is 13.3 Å². The van der Waals surface area contributed by atoms with Gasteiger partial charge in [-0.15, -0.1) is 0 Å². The summed E-state index contributed by atoms with van der Waals surface area (Å²) in [4.78, 5) is 20.1. The fourth-order valence-electron chi connectivity index (χ4n) is 0.390. The molecule has 0 saturated heterocycles. The lowest BCUT2D eigenvalue weighted by Crippen LogP contribution is -2.46. The summed E-state index contributed by atoms with van der Waals surface area (Å²) in [5, 5.41) is 16.5. The standard InChI is InChI=1S/C5H9NO4.H2O/c1-5(6,4(9)10)2-3(7)8;/h2,6H2,1H3,(H,7,8)(H,9,10);1H2. The molecule has 11 heavy (non-hydrogen) atoms. The van der Waals surface area contributed by atoms with Crippen molar-refractivity contribution in [1.82, 2.24) is 0 Å². The quantitative estimate of drug-likeness (QED) is 0.465. The van der Waals surface area contributed by atoms with Gasteiger partial charge in [-0.1, -0.05) is 0 Å².